The van der Waals surface area contributed by atoms with Crippen molar-refractivity contribution in [2.45, 2.75) is 19.3 Å². The van der Waals surface area contributed by atoms with E-state index in [1.165, 1.54) is 25.5 Å². The van der Waals surface area contributed by atoms with E-state index < -0.39 is 0 Å². The van der Waals surface area contributed by atoms with E-state index in [1.54, 1.807) is 30.5 Å². The normalized spacial score (nSPS) is 14.1. The summed E-state index contributed by atoms with van der Waals surface area (Å²) in [7, 11) is 0. The molecule has 1 aromatic heterocycles. The summed E-state index contributed by atoms with van der Waals surface area (Å²) in [4.78, 5) is 22.9. The molecular weight excluding hydrogens is 290 g/mol. The second kappa shape index (κ2) is 6.88. The molecule has 0 saturated carbocycles. The molecule has 2 aromatic rings. The van der Waals surface area contributed by atoms with Crippen LogP contribution in [0.15, 0.2) is 36.7 Å². The van der Waals surface area contributed by atoms with Crippen molar-refractivity contribution in [3.63, 3.8) is 0 Å². The van der Waals surface area contributed by atoms with Gasteiger partial charge in [-0.2, -0.15) is 5.26 Å². The van der Waals surface area contributed by atoms with E-state index in [-0.39, 0.29) is 11.6 Å². The van der Waals surface area contributed by atoms with Crippen LogP contribution in [0.25, 0.3) is 0 Å². The van der Waals surface area contributed by atoms with Gasteiger partial charge in [0, 0.05) is 18.8 Å². The number of hydrogen-bond acceptors (Lipinski definition) is 5. The Kier molecular flexibility index (Phi) is 4.48. The third kappa shape index (κ3) is 3.64. The van der Waals surface area contributed by atoms with Gasteiger partial charge in [0.2, 0.25) is 0 Å². The monoisotopic (exact) mass is 307 g/mol. The Morgan fingerprint density at radius 2 is 1.83 bits per heavy atom. The van der Waals surface area contributed by atoms with Crippen molar-refractivity contribution in [1.82, 2.24) is 9.97 Å². The van der Waals surface area contributed by atoms with Crippen molar-refractivity contribution in [1.29, 1.82) is 5.26 Å². The fourth-order valence-electron chi connectivity index (χ4n) is 2.55. The van der Waals surface area contributed by atoms with Crippen LogP contribution in [0.5, 0.6) is 0 Å². The highest BCUT2D eigenvalue weighted by atomic mass is 16.1. The fourth-order valence-corrected chi connectivity index (χ4v) is 2.55. The first-order valence-corrected chi connectivity index (χ1v) is 7.65. The molecular formula is C17H17N5O. The van der Waals surface area contributed by atoms with E-state index in [1.807, 2.05) is 6.07 Å². The van der Waals surface area contributed by atoms with Crippen LogP contribution in [0, 0.1) is 11.3 Å². The molecule has 0 radical (unpaired) electrons. The van der Waals surface area contributed by atoms with Crippen LogP contribution in [0.2, 0.25) is 0 Å². The summed E-state index contributed by atoms with van der Waals surface area (Å²) in [5.74, 6) is 0.507. The number of piperidine rings is 1. The Hall–Kier alpha value is -2.94. The number of aromatic nitrogens is 2. The van der Waals surface area contributed by atoms with E-state index in [9.17, 15) is 4.79 Å². The minimum Gasteiger partial charge on any atom is -0.355 e. The van der Waals surface area contributed by atoms with Gasteiger partial charge in [-0.3, -0.25) is 4.79 Å². The van der Waals surface area contributed by atoms with Gasteiger partial charge in [-0.1, -0.05) is 0 Å². The lowest BCUT2D eigenvalue weighted by Crippen LogP contribution is -2.30. The molecule has 1 N–H and O–H groups in total. The van der Waals surface area contributed by atoms with E-state index in [4.69, 9.17) is 5.26 Å². The molecule has 0 atom stereocenters. The average Bonchev–Trinajstić information content (AvgIpc) is 2.63. The van der Waals surface area contributed by atoms with E-state index in [0.717, 1.165) is 18.9 Å². The lowest BCUT2D eigenvalue weighted by molar-refractivity contribution is 0.102. The molecule has 1 saturated heterocycles. The van der Waals surface area contributed by atoms with Crippen LogP contribution < -0.4 is 10.2 Å². The number of anilines is 2. The molecule has 23 heavy (non-hydrogen) atoms. The Morgan fingerprint density at radius 3 is 2.43 bits per heavy atom. The van der Waals surface area contributed by atoms with Crippen molar-refractivity contribution in [2.75, 3.05) is 23.3 Å². The van der Waals surface area contributed by atoms with Gasteiger partial charge in [0.15, 0.2) is 0 Å². The molecule has 6 nitrogen and oxygen atoms in total. The molecule has 1 amide bonds. The highest BCUT2D eigenvalue weighted by Gasteiger charge is 2.14. The summed E-state index contributed by atoms with van der Waals surface area (Å²) in [5, 5.41) is 11.5. The lowest BCUT2D eigenvalue weighted by atomic mass is 10.1. The fraction of sp³-hybridized carbons (Fsp3) is 0.294. The van der Waals surface area contributed by atoms with Gasteiger partial charge in [-0.25, -0.2) is 9.97 Å². The molecule has 6 heteroatoms. The zero-order valence-corrected chi connectivity index (χ0v) is 12.7. The molecule has 0 unspecified atom stereocenters. The van der Waals surface area contributed by atoms with Crippen LogP contribution in [-0.4, -0.2) is 29.0 Å². The first kappa shape index (κ1) is 15.0. The van der Waals surface area contributed by atoms with Crippen molar-refractivity contribution in [3.8, 4) is 6.07 Å². The van der Waals surface area contributed by atoms with E-state index >= 15 is 0 Å². The summed E-state index contributed by atoms with van der Waals surface area (Å²) < 4.78 is 0. The van der Waals surface area contributed by atoms with Crippen molar-refractivity contribution < 1.29 is 4.79 Å². The second-order valence-electron chi connectivity index (χ2n) is 5.45. The van der Waals surface area contributed by atoms with Crippen molar-refractivity contribution in [3.05, 3.63) is 47.9 Å². The van der Waals surface area contributed by atoms with Gasteiger partial charge in [0.1, 0.15) is 11.5 Å². The zero-order valence-electron chi connectivity index (χ0n) is 12.7. The number of carbonyl (C=O) groups excluding carboxylic acids is 1. The maximum atomic E-state index is 12.2. The maximum Gasteiger partial charge on any atom is 0.275 e. The molecule has 1 aliphatic rings. The Balaban J connectivity index is 1.66. The summed E-state index contributed by atoms with van der Waals surface area (Å²) in [6, 6.07) is 8.72. The number of nitrogens with zero attached hydrogens (tertiary/aromatic N) is 4. The van der Waals surface area contributed by atoms with Gasteiger partial charge in [0.25, 0.3) is 5.91 Å². The van der Waals surface area contributed by atoms with E-state index in [2.05, 4.69) is 20.2 Å². The summed E-state index contributed by atoms with van der Waals surface area (Å²) >= 11 is 0. The first-order valence-electron chi connectivity index (χ1n) is 7.65. The molecule has 1 aromatic carbocycles. The summed E-state index contributed by atoms with van der Waals surface area (Å²) in [6.07, 6.45) is 6.75. The highest BCUT2D eigenvalue weighted by Crippen LogP contribution is 2.16. The minimum atomic E-state index is -0.313. The highest BCUT2D eigenvalue weighted by molar-refractivity contribution is 6.02. The van der Waals surface area contributed by atoms with Gasteiger partial charge in [-0.05, 0) is 43.5 Å². The molecule has 3 rings (SSSR count). The lowest BCUT2D eigenvalue weighted by Gasteiger charge is -2.27. The third-order valence-corrected chi connectivity index (χ3v) is 3.82. The van der Waals surface area contributed by atoms with Crippen LogP contribution in [0.4, 0.5) is 11.5 Å². The predicted octanol–water partition coefficient (Wildman–Crippen LogP) is 2.59. The molecule has 1 aliphatic heterocycles. The predicted molar refractivity (Wildman–Crippen MR) is 87.2 cm³/mol. The van der Waals surface area contributed by atoms with Gasteiger partial charge >= 0.3 is 0 Å². The van der Waals surface area contributed by atoms with Crippen LogP contribution in [-0.2, 0) is 0 Å². The van der Waals surface area contributed by atoms with Crippen molar-refractivity contribution in [2.24, 2.45) is 0 Å². The smallest absolute Gasteiger partial charge is 0.275 e. The van der Waals surface area contributed by atoms with Crippen LogP contribution >= 0.6 is 0 Å². The number of nitriles is 1. The van der Waals surface area contributed by atoms with E-state index in [0.29, 0.717) is 11.3 Å². The molecule has 0 spiro atoms. The first-order chi connectivity index (χ1) is 11.3. The molecule has 116 valence electrons. The van der Waals surface area contributed by atoms with Gasteiger partial charge in [-0.15, -0.1) is 0 Å². The molecule has 1 fully saturated rings. The van der Waals surface area contributed by atoms with Crippen molar-refractivity contribution >= 4 is 17.4 Å². The quantitative estimate of drug-likeness (QED) is 0.942. The molecule has 0 aliphatic carbocycles. The minimum absolute atomic E-state index is 0.273. The van der Waals surface area contributed by atoms with Crippen LogP contribution in [0.1, 0.15) is 35.3 Å². The largest absolute Gasteiger partial charge is 0.355 e. The number of carbonyl (C=O) groups is 1. The summed E-state index contributed by atoms with van der Waals surface area (Å²) in [6.45, 7) is 1.98. The molecule has 0 bridgehead atoms. The number of nitrogens with one attached hydrogen (secondary N) is 1. The number of hydrogen-bond donors (Lipinski definition) is 1. The Bertz CT molecular complexity index is 712. The number of amides is 1. The zero-order chi connectivity index (χ0) is 16.1. The number of benzene rings is 1. The number of rotatable bonds is 3. The average molecular weight is 307 g/mol. The Labute approximate surface area is 134 Å². The topological polar surface area (TPSA) is 81.9 Å². The maximum absolute atomic E-state index is 12.2. The van der Waals surface area contributed by atoms with Gasteiger partial charge < -0.3 is 10.2 Å². The third-order valence-electron chi connectivity index (χ3n) is 3.82. The molecule has 2 heterocycles. The van der Waals surface area contributed by atoms with Gasteiger partial charge in [0.05, 0.1) is 24.0 Å². The second-order valence-corrected chi connectivity index (χ2v) is 5.45. The van der Waals surface area contributed by atoms with Crippen LogP contribution in [0.3, 0.4) is 0 Å². The standard InChI is InChI=1S/C17H17N5O/c18-10-13-4-6-14(7-5-13)21-17(23)15-11-20-16(12-19-15)22-8-2-1-3-9-22/h4-7,11-12H,1-3,8-9H2,(H,21,23). The SMILES string of the molecule is N#Cc1ccc(NC(=O)c2cnc(N3CCCCC3)cn2)cc1. The summed E-state index contributed by atoms with van der Waals surface area (Å²) in [5.41, 5.74) is 1.44. The Morgan fingerprint density at radius 1 is 1.09 bits per heavy atom.